The summed E-state index contributed by atoms with van der Waals surface area (Å²) in [5.74, 6) is 0.831. The first kappa shape index (κ1) is 17.2. The third kappa shape index (κ3) is 6.20. The normalized spacial score (nSPS) is 26.3. The van der Waals surface area contributed by atoms with Crippen molar-refractivity contribution in [3.8, 4) is 0 Å². The average Bonchev–Trinajstić information content (AvgIpc) is 2.53. The summed E-state index contributed by atoms with van der Waals surface area (Å²) in [6, 6.07) is 0. The van der Waals surface area contributed by atoms with Crippen LogP contribution in [-0.2, 0) is 9.47 Å². The Morgan fingerprint density at radius 1 is 1.19 bits per heavy atom. The second-order valence-corrected chi connectivity index (χ2v) is 6.33. The fraction of sp³-hybridized carbons (Fsp3) is 1.00. The summed E-state index contributed by atoms with van der Waals surface area (Å²) in [5.41, 5.74) is 0. The molecule has 21 heavy (non-hydrogen) atoms. The number of ether oxygens (including phenoxy) is 2. The summed E-state index contributed by atoms with van der Waals surface area (Å²) in [6.07, 6.45) is 3.03. The van der Waals surface area contributed by atoms with E-state index in [0.29, 0.717) is 6.10 Å². The van der Waals surface area contributed by atoms with Crippen LogP contribution in [-0.4, -0.2) is 88.6 Å². The first-order valence-corrected chi connectivity index (χ1v) is 8.57. The fourth-order valence-corrected chi connectivity index (χ4v) is 3.32. The summed E-state index contributed by atoms with van der Waals surface area (Å²) in [6.45, 7) is 13.0. The van der Waals surface area contributed by atoms with Crippen molar-refractivity contribution < 1.29 is 9.47 Å². The standard InChI is InChI=1S/C16H33N3O2/c1-3-18-9-11-21-16(13-18)14-19-7-4-15(5-8-19)12-17-6-10-20-2/h15-17H,3-14H2,1-2H3. The number of methoxy groups -OCH3 is 1. The largest absolute Gasteiger partial charge is 0.383 e. The van der Waals surface area contributed by atoms with E-state index in [1.54, 1.807) is 7.11 Å². The number of morpholine rings is 1. The molecule has 2 heterocycles. The minimum Gasteiger partial charge on any atom is -0.383 e. The van der Waals surface area contributed by atoms with Crippen LogP contribution in [0.4, 0.5) is 0 Å². The van der Waals surface area contributed by atoms with Crippen LogP contribution in [0.1, 0.15) is 19.8 Å². The van der Waals surface area contributed by atoms with Crippen LogP contribution in [0.5, 0.6) is 0 Å². The van der Waals surface area contributed by atoms with Gasteiger partial charge < -0.3 is 19.7 Å². The third-order valence-electron chi connectivity index (χ3n) is 4.76. The van der Waals surface area contributed by atoms with Crippen molar-refractivity contribution in [3.05, 3.63) is 0 Å². The van der Waals surface area contributed by atoms with Crippen molar-refractivity contribution in [2.45, 2.75) is 25.9 Å². The lowest BCUT2D eigenvalue weighted by Gasteiger charge is -2.38. The number of likely N-dealkylation sites (tertiary alicyclic amines) is 1. The molecule has 0 bridgehead atoms. The highest BCUT2D eigenvalue weighted by Crippen LogP contribution is 2.17. The van der Waals surface area contributed by atoms with Gasteiger partial charge in [0, 0.05) is 33.3 Å². The van der Waals surface area contributed by atoms with Gasteiger partial charge in [0.2, 0.25) is 0 Å². The predicted octanol–water partition coefficient (Wildman–Crippen LogP) is 0.655. The summed E-state index contributed by atoms with van der Waals surface area (Å²) in [4.78, 5) is 5.09. The van der Waals surface area contributed by atoms with E-state index in [0.717, 1.165) is 58.4 Å². The molecule has 1 unspecified atom stereocenters. The lowest BCUT2D eigenvalue weighted by Crippen LogP contribution is -2.49. The van der Waals surface area contributed by atoms with E-state index in [-0.39, 0.29) is 0 Å². The zero-order valence-electron chi connectivity index (χ0n) is 13.9. The summed E-state index contributed by atoms with van der Waals surface area (Å²) >= 11 is 0. The van der Waals surface area contributed by atoms with Gasteiger partial charge in [-0.25, -0.2) is 0 Å². The molecule has 0 aliphatic carbocycles. The van der Waals surface area contributed by atoms with Gasteiger partial charge in [-0.3, -0.25) is 4.90 Å². The van der Waals surface area contributed by atoms with Gasteiger partial charge >= 0.3 is 0 Å². The van der Waals surface area contributed by atoms with Gasteiger partial charge in [0.15, 0.2) is 0 Å². The first-order chi connectivity index (χ1) is 10.3. The molecule has 0 spiro atoms. The lowest BCUT2D eigenvalue weighted by molar-refractivity contribution is -0.0452. The molecule has 2 fully saturated rings. The maximum atomic E-state index is 5.92. The van der Waals surface area contributed by atoms with Crippen LogP contribution in [0.2, 0.25) is 0 Å². The van der Waals surface area contributed by atoms with E-state index < -0.39 is 0 Å². The Morgan fingerprint density at radius 3 is 2.71 bits per heavy atom. The summed E-state index contributed by atoms with van der Waals surface area (Å²) in [7, 11) is 1.76. The van der Waals surface area contributed by atoms with Gasteiger partial charge in [0.05, 0.1) is 19.3 Å². The lowest BCUT2D eigenvalue weighted by atomic mass is 9.96. The van der Waals surface area contributed by atoms with Crippen molar-refractivity contribution in [1.29, 1.82) is 0 Å². The van der Waals surface area contributed by atoms with Crippen LogP contribution >= 0.6 is 0 Å². The van der Waals surface area contributed by atoms with Gasteiger partial charge in [-0.15, -0.1) is 0 Å². The highest BCUT2D eigenvalue weighted by Gasteiger charge is 2.24. The Hall–Kier alpha value is -0.200. The molecule has 0 saturated carbocycles. The van der Waals surface area contributed by atoms with E-state index in [4.69, 9.17) is 9.47 Å². The molecule has 124 valence electrons. The zero-order valence-corrected chi connectivity index (χ0v) is 13.9. The molecule has 2 saturated heterocycles. The molecule has 0 amide bonds. The zero-order chi connectivity index (χ0) is 14.9. The second kappa shape index (κ2) is 9.74. The second-order valence-electron chi connectivity index (χ2n) is 6.33. The van der Waals surface area contributed by atoms with Gasteiger partial charge in [-0.1, -0.05) is 6.92 Å². The Morgan fingerprint density at radius 2 is 2.00 bits per heavy atom. The van der Waals surface area contributed by atoms with Crippen molar-refractivity contribution >= 4 is 0 Å². The summed E-state index contributed by atoms with van der Waals surface area (Å²) < 4.78 is 11.0. The van der Waals surface area contributed by atoms with Gasteiger partial charge in [-0.05, 0) is 44.9 Å². The van der Waals surface area contributed by atoms with Crippen molar-refractivity contribution in [2.75, 3.05) is 72.7 Å². The Balaban J connectivity index is 1.58. The molecule has 2 rings (SSSR count). The van der Waals surface area contributed by atoms with Crippen molar-refractivity contribution in [2.24, 2.45) is 5.92 Å². The number of rotatable bonds is 8. The molecule has 5 nitrogen and oxygen atoms in total. The monoisotopic (exact) mass is 299 g/mol. The number of likely N-dealkylation sites (N-methyl/N-ethyl adjacent to an activating group) is 1. The van der Waals surface area contributed by atoms with E-state index >= 15 is 0 Å². The number of hydrogen-bond acceptors (Lipinski definition) is 5. The Bertz CT molecular complexity index is 270. The Labute approximate surface area is 129 Å². The number of nitrogens with one attached hydrogen (secondary N) is 1. The SMILES string of the molecule is CCN1CCOC(CN2CCC(CNCCOC)CC2)C1. The highest BCUT2D eigenvalue weighted by molar-refractivity contribution is 4.79. The van der Waals surface area contributed by atoms with Crippen LogP contribution < -0.4 is 5.32 Å². The predicted molar refractivity (Wildman–Crippen MR) is 85.8 cm³/mol. The molecular formula is C16H33N3O2. The minimum atomic E-state index is 0.412. The molecule has 0 radical (unpaired) electrons. The fourth-order valence-electron chi connectivity index (χ4n) is 3.32. The van der Waals surface area contributed by atoms with Crippen molar-refractivity contribution in [1.82, 2.24) is 15.1 Å². The molecule has 2 aliphatic heterocycles. The summed E-state index contributed by atoms with van der Waals surface area (Å²) in [5, 5.41) is 3.49. The maximum Gasteiger partial charge on any atom is 0.0829 e. The highest BCUT2D eigenvalue weighted by atomic mass is 16.5. The third-order valence-corrected chi connectivity index (χ3v) is 4.76. The molecule has 0 aromatic carbocycles. The quantitative estimate of drug-likeness (QED) is 0.666. The average molecular weight is 299 g/mol. The van der Waals surface area contributed by atoms with Crippen LogP contribution in [0.25, 0.3) is 0 Å². The molecule has 0 aromatic heterocycles. The number of nitrogens with zero attached hydrogens (tertiary/aromatic N) is 2. The minimum absolute atomic E-state index is 0.412. The maximum absolute atomic E-state index is 5.92. The molecule has 1 N–H and O–H groups in total. The van der Waals surface area contributed by atoms with Gasteiger partial charge in [0.1, 0.15) is 0 Å². The molecule has 1 atom stereocenters. The Kier molecular flexibility index (Phi) is 7.96. The topological polar surface area (TPSA) is 37.0 Å². The van der Waals surface area contributed by atoms with Crippen LogP contribution in [0.15, 0.2) is 0 Å². The van der Waals surface area contributed by atoms with Crippen LogP contribution in [0.3, 0.4) is 0 Å². The molecule has 0 aromatic rings. The van der Waals surface area contributed by atoms with Crippen LogP contribution in [0, 0.1) is 5.92 Å². The van der Waals surface area contributed by atoms with Gasteiger partial charge in [0.25, 0.3) is 0 Å². The van der Waals surface area contributed by atoms with Gasteiger partial charge in [-0.2, -0.15) is 0 Å². The van der Waals surface area contributed by atoms with E-state index in [2.05, 4.69) is 22.0 Å². The number of piperidine rings is 1. The molecule has 2 aliphatic rings. The smallest absolute Gasteiger partial charge is 0.0829 e. The van der Waals surface area contributed by atoms with E-state index in [1.807, 2.05) is 0 Å². The van der Waals surface area contributed by atoms with Crippen molar-refractivity contribution in [3.63, 3.8) is 0 Å². The first-order valence-electron chi connectivity index (χ1n) is 8.57. The number of hydrogen-bond donors (Lipinski definition) is 1. The molecule has 5 heteroatoms. The molecular weight excluding hydrogens is 266 g/mol. The van der Waals surface area contributed by atoms with E-state index in [9.17, 15) is 0 Å². The van der Waals surface area contributed by atoms with E-state index in [1.165, 1.54) is 25.9 Å².